The lowest BCUT2D eigenvalue weighted by Gasteiger charge is -2.36. The fourth-order valence-electron chi connectivity index (χ4n) is 1.34. The molecule has 2 N–H and O–H groups in total. The number of ether oxygens (including phenoxy) is 1. The summed E-state index contributed by atoms with van der Waals surface area (Å²) < 4.78 is 4.76. The Bertz CT molecular complexity index is 164. The number of hydrogen-bond acceptors (Lipinski definition) is 3. The third kappa shape index (κ3) is 3.40. The minimum Gasteiger partial charge on any atom is -0.450 e. The molecule has 5 heteroatoms. The van der Waals surface area contributed by atoms with Crippen LogP contribution in [-0.4, -0.2) is 31.8 Å². The number of amides is 1. The second-order valence-electron chi connectivity index (χ2n) is 2.94. The van der Waals surface area contributed by atoms with Crippen molar-refractivity contribution in [3.63, 3.8) is 0 Å². The number of rotatable bonds is 3. The van der Waals surface area contributed by atoms with E-state index in [1.807, 2.05) is 7.05 Å². The van der Waals surface area contributed by atoms with E-state index in [-0.39, 0.29) is 24.5 Å². The summed E-state index contributed by atoms with van der Waals surface area (Å²) in [7, 11) is 1.91. The zero-order valence-corrected chi connectivity index (χ0v) is 8.82. The van der Waals surface area contributed by atoms with Crippen molar-refractivity contribution in [2.45, 2.75) is 31.8 Å². The van der Waals surface area contributed by atoms with Crippen LogP contribution in [0.2, 0.25) is 0 Å². The summed E-state index contributed by atoms with van der Waals surface area (Å²) in [6, 6.07) is 0.684. The van der Waals surface area contributed by atoms with Crippen molar-refractivity contribution in [3.8, 4) is 0 Å². The molecule has 0 bridgehead atoms. The second-order valence-corrected chi connectivity index (χ2v) is 2.94. The van der Waals surface area contributed by atoms with Gasteiger partial charge in [-0.25, -0.2) is 4.79 Å². The van der Waals surface area contributed by atoms with E-state index in [1.54, 1.807) is 6.92 Å². The average Bonchev–Trinajstić information content (AvgIpc) is 2.00. The van der Waals surface area contributed by atoms with Crippen LogP contribution >= 0.6 is 12.4 Å². The summed E-state index contributed by atoms with van der Waals surface area (Å²) in [6.45, 7) is 2.23. The Morgan fingerprint density at radius 2 is 2.08 bits per heavy atom. The number of alkyl carbamates (subject to hydrolysis) is 1. The SMILES string of the molecule is CCOC(=O)N[C@H]1CC[C@@H]1NC.Cl. The molecule has 1 amide bonds. The zero-order chi connectivity index (χ0) is 8.97. The van der Waals surface area contributed by atoms with Gasteiger partial charge in [-0.1, -0.05) is 0 Å². The van der Waals surface area contributed by atoms with E-state index >= 15 is 0 Å². The molecule has 0 saturated heterocycles. The molecular formula is C8H17ClN2O2. The van der Waals surface area contributed by atoms with E-state index < -0.39 is 0 Å². The third-order valence-corrected chi connectivity index (χ3v) is 2.22. The van der Waals surface area contributed by atoms with Crippen LogP contribution in [0.5, 0.6) is 0 Å². The number of nitrogens with one attached hydrogen (secondary N) is 2. The van der Waals surface area contributed by atoms with Crippen LogP contribution < -0.4 is 10.6 Å². The molecule has 0 spiro atoms. The topological polar surface area (TPSA) is 50.4 Å². The van der Waals surface area contributed by atoms with Crippen LogP contribution in [0, 0.1) is 0 Å². The quantitative estimate of drug-likeness (QED) is 0.725. The van der Waals surface area contributed by atoms with Crippen LogP contribution in [0.25, 0.3) is 0 Å². The molecule has 0 aromatic rings. The first-order valence-corrected chi connectivity index (χ1v) is 4.38. The highest BCUT2D eigenvalue weighted by Gasteiger charge is 2.30. The van der Waals surface area contributed by atoms with E-state index in [4.69, 9.17) is 4.74 Å². The van der Waals surface area contributed by atoms with Crippen molar-refractivity contribution in [1.29, 1.82) is 0 Å². The zero-order valence-electron chi connectivity index (χ0n) is 8.00. The Morgan fingerprint density at radius 3 is 2.46 bits per heavy atom. The van der Waals surface area contributed by atoms with Gasteiger partial charge in [0.1, 0.15) is 0 Å². The number of likely N-dealkylation sites (N-methyl/N-ethyl adjacent to an activating group) is 1. The maximum Gasteiger partial charge on any atom is 0.407 e. The predicted molar refractivity (Wildman–Crippen MR) is 53.3 cm³/mol. The first-order chi connectivity index (χ1) is 5.77. The highest BCUT2D eigenvalue weighted by Crippen LogP contribution is 2.19. The molecule has 0 unspecified atom stereocenters. The number of hydrogen-bond donors (Lipinski definition) is 2. The molecule has 0 aliphatic heterocycles. The van der Waals surface area contributed by atoms with E-state index in [0.29, 0.717) is 12.6 Å². The summed E-state index contributed by atoms with van der Waals surface area (Å²) in [5.41, 5.74) is 0. The lowest BCUT2D eigenvalue weighted by molar-refractivity contribution is 0.135. The molecule has 13 heavy (non-hydrogen) atoms. The fourth-order valence-corrected chi connectivity index (χ4v) is 1.34. The minimum atomic E-state index is -0.303. The number of carbonyl (C=O) groups excluding carboxylic acids is 1. The van der Waals surface area contributed by atoms with Crippen LogP contribution in [0.3, 0.4) is 0 Å². The average molecular weight is 209 g/mol. The monoisotopic (exact) mass is 208 g/mol. The van der Waals surface area contributed by atoms with Gasteiger partial charge in [-0.15, -0.1) is 12.4 Å². The molecule has 78 valence electrons. The van der Waals surface area contributed by atoms with Gasteiger partial charge >= 0.3 is 6.09 Å². The molecule has 0 aromatic carbocycles. The molecule has 0 heterocycles. The van der Waals surface area contributed by atoms with E-state index in [9.17, 15) is 4.79 Å². The Balaban J connectivity index is 0.00000144. The van der Waals surface area contributed by atoms with E-state index in [2.05, 4.69) is 10.6 Å². The lowest BCUT2D eigenvalue weighted by atomic mass is 9.87. The van der Waals surface area contributed by atoms with Gasteiger partial charge in [0, 0.05) is 12.1 Å². The van der Waals surface area contributed by atoms with Gasteiger partial charge in [-0.3, -0.25) is 0 Å². The molecule has 1 fully saturated rings. The maximum absolute atomic E-state index is 10.9. The maximum atomic E-state index is 10.9. The molecule has 1 aliphatic rings. The minimum absolute atomic E-state index is 0. The molecule has 4 nitrogen and oxygen atoms in total. The fraction of sp³-hybridized carbons (Fsp3) is 0.875. The lowest BCUT2D eigenvalue weighted by Crippen LogP contribution is -2.55. The number of carbonyl (C=O) groups is 1. The second kappa shape index (κ2) is 6.05. The van der Waals surface area contributed by atoms with E-state index in [1.165, 1.54) is 0 Å². The van der Waals surface area contributed by atoms with Gasteiger partial charge in [0.2, 0.25) is 0 Å². The summed E-state index contributed by atoms with van der Waals surface area (Å²) >= 11 is 0. The summed E-state index contributed by atoms with van der Waals surface area (Å²) in [6.07, 6.45) is 1.88. The molecule has 0 aromatic heterocycles. The molecular weight excluding hydrogens is 192 g/mol. The Hall–Kier alpha value is -0.480. The summed E-state index contributed by atoms with van der Waals surface area (Å²) in [4.78, 5) is 10.9. The van der Waals surface area contributed by atoms with Crippen LogP contribution in [-0.2, 0) is 4.74 Å². The Morgan fingerprint density at radius 1 is 1.46 bits per heavy atom. The standard InChI is InChI=1S/C8H16N2O2.ClH/c1-3-12-8(11)10-7-5-4-6(7)9-2;/h6-7,9H,3-5H2,1-2H3,(H,10,11);1H/t6-,7-;/m0./s1. The molecule has 1 aliphatic carbocycles. The predicted octanol–water partition coefficient (Wildman–Crippen LogP) is 0.905. The van der Waals surface area contributed by atoms with Crippen LogP contribution in [0.15, 0.2) is 0 Å². The van der Waals surface area contributed by atoms with Crippen molar-refractivity contribution >= 4 is 18.5 Å². The molecule has 1 rings (SSSR count). The molecule has 0 radical (unpaired) electrons. The van der Waals surface area contributed by atoms with E-state index in [0.717, 1.165) is 12.8 Å². The van der Waals surface area contributed by atoms with Crippen molar-refractivity contribution in [2.24, 2.45) is 0 Å². The van der Waals surface area contributed by atoms with Gasteiger partial charge in [-0.2, -0.15) is 0 Å². The summed E-state index contributed by atoms with van der Waals surface area (Å²) in [5, 5.41) is 5.92. The van der Waals surface area contributed by atoms with Crippen molar-refractivity contribution in [3.05, 3.63) is 0 Å². The molecule has 1 saturated carbocycles. The highest BCUT2D eigenvalue weighted by molar-refractivity contribution is 5.85. The van der Waals surface area contributed by atoms with Crippen LogP contribution in [0.4, 0.5) is 4.79 Å². The van der Waals surface area contributed by atoms with Crippen molar-refractivity contribution in [1.82, 2.24) is 10.6 Å². The van der Waals surface area contributed by atoms with Gasteiger partial charge < -0.3 is 15.4 Å². The van der Waals surface area contributed by atoms with Crippen molar-refractivity contribution < 1.29 is 9.53 Å². The van der Waals surface area contributed by atoms with Gasteiger partial charge in [0.05, 0.1) is 6.61 Å². The first-order valence-electron chi connectivity index (χ1n) is 4.38. The van der Waals surface area contributed by atoms with Gasteiger partial charge in [0.15, 0.2) is 0 Å². The Kier molecular flexibility index (Phi) is 5.82. The van der Waals surface area contributed by atoms with Crippen LogP contribution in [0.1, 0.15) is 19.8 Å². The normalized spacial score (nSPS) is 25.4. The van der Waals surface area contributed by atoms with Gasteiger partial charge in [-0.05, 0) is 26.8 Å². The summed E-state index contributed by atoms with van der Waals surface area (Å²) in [5.74, 6) is 0. The molecule has 2 atom stereocenters. The third-order valence-electron chi connectivity index (χ3n) is 2.22. The number of halogens is 1. The van der Waals surface area contributed by atoms with Crippen molar-refractivity contribution in [2.75, 3.05) is 13.7 Å². The van der Waals surface area contributed by atoms with Gasteiger partial charge in [0.25, 0.3) is 0 Å². The highest BCUT2D eigenvalue weighted by atomic mass is 35.5. The smallest absolute Gasteiger partial charge is 0.407 e. The Labute approximate surface area is 84.8 Å². The first kappa shape index (κ1) is 12.5. The largest absolute Gasteiger partial charge is 0.450 e.